The molecule has 0 saturated carbocycles. The van der Waals surface area contributed by atoms with Crippen molar-refractivity contribution in [3.05, 3.63) is 41.7 Å². The van der Waals surface area contributed by atoms with Crippen LogP contribution >= 0.6 is 0 Å². The third-order valence-electron chi connectivity index (χ3n) is 2.83. The molecule has 2 aromatic rings. The van der Waals surface area contributed by atoms with Crippen LogP contribution in [0.15, 0.2) is 34.9 Å². The van der Waals surface area contributed by atoms with E-state index in [1.807, 2.05) is 0 Å². The summed E-state index contributed by atoms with van der Waals surface area (Å²) in [5, 5.41) is 3.58. The van der Waals surface area contributed by atoms with Crippen molar-refractivity contribution in [2.75, 3.05) is 6.61 Å². The summed E-state index contributed by atoms with van der Waals surface area (Å²) in [5.41, 5.74) is 0.636. The quantitative estimate of drug-likeness (QED) is 0.727. The van der Waals surface area contributed by atoms with Crippen LogP contribution in [0.2, 0.25) is 0 Å². The van der Waals surface area contributed by atoms with E-state index < -0.39 is 18.7 Å². The van der Waals surface area contributed by atoms with Crippen molar-refractivity contribution in [2.45, 2.75) is 26.6 Å². The number of alkyl halides is 2. The molecule has 0 aliphatic heterocycles. The van der Waals surface area contributed by atoms with Crippen molar-refractivity contribution in [3.8, 4) is 11.6 Å². The smallest absolute Gasteiger partial charge is 0.387 e. The van der Waals surface area contributed by atoms with Crippen molar-refractivity contribution in [3.63, 3.8) is 0 Å². The van der Waals surface area contributed by atoms with Crippen LogP contribution in [0.1, 0.15) is 24.4 Å². The molecule has 0 radical (unpaired) electrons. The van der Waals surface area contributed by atoms with Crippen molar-refractivity contribution in [2.24, 2.45) is 0 Å². The van der Waals surface area contributed by atoms with Gasteiger partial charge in [0.15, 0.2) is 6.61 Å². The molecular weight excluding hydrogens is 312 g/mol. The lowest BCUT2D eigenvalue weighted by Gasteiger charge is -2.14. The third-order valence-corrected chi connectivity index (χ3v) is 2.83. The van der Waals surface area contributed by atoms with E-state index in [4.69, 9.17) is 14.0 Å². The van der Waals surface area contributed by atoms with Gasteiger partial charge in [-0.1, -0.05) is 12.1 Å². The van der Waals surface area contributed by atoms with Crippen LogP contribution in [-0.4, -0.2) is 24.3 Å². The number of carbonyl (C=O) groups excluding carboxylic acids is 1. The fraction of sp³-hybridized carbons (Fsp3) is 0.333. The van der Waals surface area contributed by atoms with Gasteiger partial charge in [-0.15, -0.1) is 0 Å². The number of halogens is 2. The summed E-state index contributed by atoms with van der Waals surface area (Å²) in [4.78, 5) is 11.7. The molecule has 0 aliphatic rings. The van der Waals surface area contributed by atoms with Gasteiger partial charge in [-0.2, -0.15) is 8.78 Å². The minimum Gasteiger partial charge on any atom is -0.463 e. The highest BCUT2D eigenvalue weighted by atomic mass is 19.3. The summed E-state index contributed by atoms with van der Waals surface area (Å²) in [7, 11) is 0. The number of hydrogen-bond acceptors (Lipinski definition) is 6. The summed E-state index contributed by atoms with van der Waals surface area (Å²) >= 11 is 0. The Morgan fingerprint density at radius 3 is 2.57 bits per heavy atom. The first kappa shape index (κ1) is 16.7. The first-order valence-electron chi connectivity index (χ1n) is 6.74. The maximum absolute atomic E-state index is 12.1. The Balaban J connectivity index is 1.83. The molecule has 1 heterocycles. The number of nitrogens with zero attached hydrogens (tertiary/aromatic N) is 1. The first-order valence-corrected chi connectivity index (χ1v) is 6.74. The second-order valence-electron chi connectivity index (χ2n) is 4.64. The summed E-state index contributed by atoms with van der Waals surface area (Å²) in [6, 6.07) is 7.37. The highest BCUT2D eigenvalue weighted by Crippen LogP contribution is 2.21. The number of ether oxygens (including phenoxy) is 3. The molecule has 8 heteroatoms. The highest BCUT2D eigenvalue weighted by Gasteiger charge is 2.14. The average molecular weight is 327 g/mol. The Kier molecular flexibility index (Phi) is 5.51. The van der Waals surface area contributed by atoms with Gasteiger partial charge in [0.2, 0.25) is 0 Å². The van der Waals surface area contributed by atoms with Crippen molar-refractivity contribution in [1.82, 2.24) is 5.16 Å². The van der Waals surface area contributed by atoms with Gasteiger partial charge in [-0.3, -0.25) is 0 Å². The molecule has 0 unspecified atom stereocenters. The van der Waals surface area contributed by atoms with Gasteiger partial charge in [-0.05, 0) is 36.7 Å². The molecule has 0 amide bonds. The van der Waals surface area contributed by atoms with E-state index in [9.17, 15) is 13.6 Å². The zero-order chi connectivity index (χ0) is 16.8. The van der Waals surface area contributed by atoms with Crippen LogP contribution in [0.5, 0.6) is 11.6 Å². The predicted molar refractivity (Wildman–Crippen MR) is 74.3 cm³/mol. The maximum Gasteiger partial charge on any atom is 0.387 e. The number of aryl methyl sites for hydroxylation is 1. The largest absolute Gasteiger partial charge is 0.463 e. The number of aromatic nitrogens is 1. The van der Waals surface area contributed by atoms with Gasteiger partial charge in [0.25, 0.3) is 5.88 Å². The summed E-state index contributed by atoms with van der Waals surface area (Å²) in [6.07, 6.45) is -0.564. The molecule has 6 nitrogen and oxygen atoms in total. The minimum absolute atomic E-state index is 0.0343. The van der Waals surface area contributed by atoms with Gasteiger partial charge in [0.05, 0.1) is 0 Å². The molecule has 124 valence electrons. The van der Waals surface area contributed by atoms with E-state index in [1.54, 1.807) is 19.9 Å². The summed E-state index contributed by atoms with van der Waals surface area (Å²) < 4.78 is 43.4. The molecule has 0 aliphatic carbocycles. The third kappa shape index (κ3) is 5.24. The van der Waals surface area contributed by atoms with Gasteiger partial charge in [-0.25, -0.2) is 4.79 Å². The van der Waals surface area contributed by atoms with E-state index in [0.29, 0.717) is 11.3 Å². The summed E-state index contributed by atoms with van der Waals surface area (Å²) in [5.74, 6) is 0.200. The van der Waals surface area contributed by atoms with Crippen LogP contribution in [0, 0.1) is 6.92 Å². The lowest BCUT2D eigenvalue weighted by molar-refractivity contribution is -0.151. The van der Waals surface area contributed by atoms with E-state index in [1.165, 1.54) is 24.3 Å². The van der Waals surface area contributed by atoms with E-state index in [2.05, 4.69) is 9.89 Å². The molecule has 0 N–H and O–H groups in total. The zero-order valence-corrected chi connectivity index (χ0v) is 12.5. The van der Waals surface area contributed by atoms with E-state index in [-0.39, 0.29) is 18.2 Å². The highest BCUT2D eigenvalue weighted by molar-refractivity contribution is 5.71. The molecule has 2 rings (SSSR count). The van der Waals surface area contributed by atoms with Gasteiger partial charge in [0, 0.05) is 6.07 Å². The number of carbonyl (C=O) groups is 1. The Bertz CT molecular complexity index is 642. The fourth-order valence-corrected chi connectivity index (χ4v) is 1.76. The Labute approximate surface area is 130 Å². The maximum atomic E-state index is 12.1. The number of rotatable bonds is 7. The molecule has 1 atom stereocenters. The molecule has 1 aromatic heterocycles. The van der Waals surface area contributed by atoms with Gasteiger partial charge < -0.3 is 18.7 Å². The minimum atomic E-state index is -2.88. The zero-order valence-electron chi connectivity index (χ0n) is 12.5. The molecule has 0 spiro atoms. The van der Waals surface area contributed by atoms with Crippen LogP contribution in [0.25, 0.3) is 0 Å². The fourth-order valence-electron chi connectivity index (χ4n) is 1.76. The molecule has 1 aromatic carbocycles. The lowest BCUT2D eigenvalue weighted by atomic mass is 10.1. The van der Waals surface area contributed by atoms with Crippen LogP contribution in [-0.2, 0) is 9.53 Å². The van der Waals surface area contributed by atoms with Crippen LogP contribution < -0.4 is 9.47 Å². The van der Waals surface area contributed by atoms with Gasteiger partial charge >= 0.3 is 12.6 Å². The van der Waals surface area contributed by atoms with E-state index in [0.717, 1.165) is 0 Å². The van der Waals surface area contributed by atoms with Gasteiger partial charge in [0.1, 0.15) is 17.6 Å². The van der Waals surface area contributed by atoms with Crippen LogP contribution in [0.4, 0.5) is 8.78 Å². The van der Waals surface area contributed by atoms with Crippen molar-refractivity contribution >= 4 is 5.97 Å². The van der Waals surface area contributed by atoms with Crippen molar-refractivity contribution in [1.29, 1.82) is 0 Å². The second-order valence-corrected chi connectivity index (χ2v) is 4.64. The number of benzene rings is 1. The predicted octanol–water partition coefficient (Wildman–Crippen LogP) is 3.27. The Hall–Kier alpha value is -2.64. The molecule has 23 heavy (non-hydrogen) atoms. The van der Waals surface area contributed by atoms with Crippen molar-refractivity contribution < 1.29 is 32.3 Å². The number of esters is 1. The Morgan fingerprint density at radius 2 is 2.00 bits per heavy atom. The molecule has 0 saturated heterocycles. The monoisotopic (exact) mass is 327 g/mol. The second kappa shape index (κ2) is 7.57. The van der Waals surface area contributed by atoms with Crippen LogP contribution in [0.3, 0.4) is 0 Å². The lowest BCUT2D eigenvalue weighted by Crippen LogP contribution is -2.17. The summed E-state index contributed by atoms with van der Waals surface area (Å²) in [6.45, 7) is 0.152. The average Bonchev–Trinajstić information content (AvgIpc) is 2.91. The molecular formula is C15H15F2NO5. The normalized spacial score (nSPS) is 12.0. The molecule has 0 fully saturated rings. The standard InChI is InChI=1S/C15H15F2NO5/c1-9-7-13(18-23-9)20-8-14(19)21-10(2)11-3-5-12(6-4-11)22-15(16)17/h3-7,10,15H,8H2,1-2H3/t10-/m1/s1. The number of hydrogen-bond donors (Lipinski definition) is 0. The SMILES string of the molecule is Cc1cc(OCC(=O)O[C@H](C)c2ccc(OC(F)F)cc2)no1. The Morgan fingerprint density at radius 1 is 1.30 bits per heavy atom. The topological polar surface area (TPSA) is 70.8 Å². The van der Waals surface area contributed by atoms with E-state index >= 15 is 0 Å². The first-order chi connectivity index (χ1) is 10.9. The molecule has 0 bridgehead atoms.